The topological polar surface area (TPSA) is 61.7 Å². The van der Waals surface area contributed by atoms with Gasteiger partial charge in [-0.25, -0.2) is 0 Å². The molecule has 0 saturated heterocycles. The van der Waals surface area contributed by atoms with Gasteiger partial charge in [-0.15, -0.1) is 0 Å². The molecule has 1 unspecified atom stereocenters. The van der Waals surface area contributed by atoms with Gasteiger partial charge in [0.15, 0.2) is 0 Å². The van der Waals surface area contributed by atoms with E-state index >= 15 is 0 Å². The number of aliphatic hydroxyl groups is 2. The summed E-state index contributed by atoms with van der Waals surface area (Å²) in [6, 6.07) is 0. The number of aliphatic hydroxyl groups excluding tert-OH is 1. The molecule has 0 radical (unpaired) electrons. The number of hydrogen-bond donors (Lipinski definition) is 3. The van der Waals surface area contributed by atoms with Crippen LogP contribution < -0.4 is 5.32 Å². The van der Waals surface area contributed by atoms with Gasteiger partial charge in [0.1, 0.15) is 17.3 Å². The van der Waals surface area contributed by atoms with Gasteiger partial charge in [-0.05, 0) is 18.6 Å². The van der Waals surface area contributed by atoms with Crippen molar-refractivity contribution in [1.29, 1.82) is 0 Å². The first-order valence-electron chi connectivity index (χ1n) is 4.72. The number of allylic oxidation sites excluding steroid dienone is 3. The average molecular weight is 193 g/mol. The van der Waals surface area contributed by atoms with E-state index in [-0.39, 0.29) is 5.76 Å². The molecule has 0 amide bonds. The van der Waals surface area contributed by atoms with E-state index in [0.29, 0.717) is 11.5 Å². The number of nitrogens with one attached hydrogen (secondary N) is 1. The van der Waals surface area contributed by atoms with Crippen LogP contribution in [0.2, 0.25) is 0 Å². The molecule has 2 heterocycles. The van der Waals surface area contributed by atoms with Crippen LogP contribution in [0.15, 0.2) is 35.1 Å². The Balaban J connectivity index is 2.12. The molecular formula is C10H11NO3. The molecule has 3 N–H and O–H groups in total. The van der Waals surface area contributed by atoms with Gasteiger partial charge in [-0.3, -0.25) is 0 Å². The van der Waals surface area contributed by atoms with Crippen molar-refractivity contribution in [3.05, 3.63) is 35.1 Å². The Kier molecular flexibility index (Phi) is 1.32. The standard InChI is InChI=1S/C10H11NO3/c12-7-3-4-8-10(7,13)9-6(14-8)2-1-5-11-9/h3-4,11-13H,1-2,5H2. The highest BCUT2D eigenvalue weighted by Gasteiger charge is 2.52. The molecule has 0 aromatic heterocycles. The Morgan fingerprint density at radius 1 is 1.43 bits per heavy atom. The summed E-state index contributed by atoms with van der Waals surface area (Å²) in [5.74, 6) is 1.10. The molecule has 1 atom stereocenters. The van der Waals surface area contributed by atoms with Crippen molar-refractivity contribution in [3.8, 4) is 0 Å². The van der Waals surface area contributed by atoms with Gasteiger partial charge in [-0.1, -0.05) is 0 Å². The molecule has 0 aromatic rings. The van der Waals surface area contributed by atoms with Crippen molar-refractivity contribution in [2.45, 2.75) is 18.4 Å². The maximum absolute atomic E-state index is 10.3. The summed E-state index contributed by atoms with van der Waals surface area (Å²) in [6.07, 6.45) is 4.88. The van der Waals surface area contributed by atoms with Crippen molar-refractivity contribution in [1.82, 2.24) is 5.32 Å². The lowest BCUT2D eigenvalue weighted by Gasteiger charge is -2.24. The maximum Gasteiger partial charge on any atom is 0.222 e. The number of rotatable bonds is 0. The zero-order valence-corrected chi connectivity index (χ0v) is 7.58. The SMILES string of the molecule is OC1=CC=C2OC3=C(NCCC3)C12O. The molecule has 0 saturated carbocycles. The molecule has 0 fully saturated rings. The van der Waals surface area contributed by atoms with Crippen LogP contribution in [0.3, 0.4) is 0 Å². The van der Waals surface area contributed by atoms with E-state index in [0.717, 1.165) is 25.1 Å². The molecule has 4 nitrogen and oxygen atoms in total. The van der Waals surface area contributed by atoms with Crippen LogP contribution in [0.4, 0.5) is 0 Å². The smallest absolute Gasteiger partial charge is 0.222 e. The molecule has 74 valence electrons. The van der Waals surface area contributed by atoms with Gasteiger partial charge < -0.3 is 20.3 Å². The van der Waals surface area contributed by atoms with Crippen LogP contribution in [-0.2, 0) is 4.74 Å². The minimum Gasteiger partial charge on any atom is -0.508 e. The van der Waals surface area contributed by atoms with Crippen LogP contribution in [0.5, 0.6) is 0 Å². The molecule has 4 heteroatoms. The summed E-state index contributed by atoms with van der Waals surface area (Å²) in [7, 11) is 0. The van der Waals surface area contributed by atoms with E-state index < -0.39 is 5.60 Å². The minimum atomic E-state index is -1.42. The fraction of sp³-hybridized carbons (Fsp3) is 0.400. The van der Waals surface area contributed by atoms with E-state index in [2.05, 4.69) is 5.32 Å². The summed E-state index contributed by atoms with van der Waals surface area (Å²) in [5, 5.41) is 23.0. The average Bonchev–Trinajstić information content (AvgIpc) is 2.63. The first-order valence-corrected chi connectivity index (χ1v) is 4.72. The fourth-order valence-corrected chi connectivity index (χ4v) is 2.13. The summed E-state index contributed by atoms with van der Waals surface area (Å²) >= 11 is 0. The Morgan fingerprint density at radius 2 is 2.29 bits per heavy atom. The highest BCUT2D eigenvalue weighted by molar-refractivity contribution is 5.51. The highest BCUT2D eigenvalue weighted by Crippen LogP contribution is 2.46. The number of fused-ring (bicyclic) bond motifs is 2. The van der Waals surface area contributed by atoms with E-state index in [1.54, 1.807) is 6.08 Å². The van der Waals surface area contributed by atoms with Crippen molar-refractivity contribution < 1.29 is 14.9 Å². The van der Waals surface area contributed by atoms with Gasteiger partial charge >= 0.3 is 0 Å². The second-order valence-electron chi connectivity index (χ2n) is 3.72. The molecule has 1 aliphatic carbocycles. The Bertz CT molecular complexity index is 394. The molecule has 3 rings (SSSR count). The molecule has 14 heavy (non-hydrogen) atoms. The van der Waals surface area contributed by atoms with Crippen molar-refractivity contribution >= 4 is 0 Å². The fourth-order valence-electron chi connectivity index (χ4n) is 2.13. The first kappa shape index (κ1) is 7.94. The van der Waals surface area contributed by atoms with Gasteiger partial charge in [0.25, 0.3) is 0 Å². The van der Waals surface area contributed by atoms with Crippen LogP contribution in [-0.4, -0.2) is 22.4 Å². The first-order chi connectivity index (χ1) is 6.73. The Hall–Kier alpha value is -1.42. The third kappa shape index (κ3) is 0.726. The van der Waals surface area contributed by atoms with E-state index in [1.807, 2.05) is 0 Å². The number of hydrogen-bond acceptors (Lipinski definition) is 4. The zero-order chi connectivity index (χ0) is 9.76. The lowest BCUT2D eigenvalue weighted by molar-refractivity contribution is 0.0798. The third-order valence-corrected chi connectivity index (χ3v) is 2.88. The Labute approximate surface area is 81.2 Å². The minimum absolute atomic E-state index is 0.0631. The molecular weight excluding hydrogens is 182 g/mol. The lowest BCUT2D eigenvalue weighted by Crippen LogP contribution is -2.39. The van der Waals surface area contributed by atoms with Gasteiger partial charge in [0.05, 0.1) is 5.70 Å². The van der Waals surface area contributed by atoms with Gasteiger partial charge in [-0.2, -0.15) is 0 Å². The van der Waals surface area contributed by atoms with E-state index in [9.17, 15) is 10.2 Å². The van der Waals surface area contributed by atoms with Gasteiger partial charge in [0, 0.05) is 13.0 Å². The Morgan fingerprint density at radius 3 is 3.14 bits per heavy atom. The number of ether oxygens (including phenoxy) is 1. The van der Waals surface area contributed by atoms with Crippen molar-refractivity contribution in [2.75, 3.05) is 6.54 Å². The monoisotopic (exact) mass is 193 g/mol. The molecule has 2 aliphatic heterocycles. The van der Waals surface area contributed by atoms with Crippen LogP contribution >= 0.6 is 0 Å². The maximum atomic E-state index is 10.3. The lowest BCUT2D eigenvalue weighted by atomic mass is 9.96. The normalized spacial score (nSPS) is 34.1. The highest BCUT2D eigenvalue weighted by atomic mass is 16.5. The van der Waals surface area contributed by atoms with Crippen LogP contribution in [0.25, 0.3) is 0 Å². The summed E-state index contributed by atoms with van der Waals surface area (Å²) in [4.78, 5) is 0. The third-order valence-electron chi connectivity index (χ3n) is 2.88. The van der Waals surface area contributed by atoms with Crippen molar-refractivity contribution in [3.63, 3.8) is 0 Å². The summed E-state index contributed by atoms with van der Waals surface area (Å²) < 4.78 is 5.48. The van der Waals surface area contributed by atoms with Crippen LogP contribution in [0.1, 0.15) is 12.8 Å². The van der Waals surface area contributed by atoms with Crippen molar-refractivity contribution in [2.24, 2.45) is 0 Å². The second-order valence-corrected chi connectivity index (χ2v) is 3.72. The molecule has 0 bridgehead atoms. The van der Waals surface area contributed by atoms with Crippen LogP contribution in [0, 0.1) is 0 Å². The molecule has 0 aromatic carbocycles. The molecule has 0 spiro atoms. The predicted molar refractivity (Wildman–Crippen MR) is 49.1 cm³/mol. The summed E-state index contributed by atoms with van der Waals surface area (Å²) in [5.41, 5.74) is -0.809. The predicted octanol–water partition coefficient (Wildman–Crippen LogP) is 0.682. The summed E-state index contributed by atoms with van der Waals surface area (Å²) in [6.45, 7) is 0.811. The second kappa shape index (κ2) is 2.33. The zero-order valence-electron chi connectivity index (χ0n) is 7.58. The van der Waals surface area contributed by atoms with E-state index in [4.69, 9.17) is 4.74 Å². The largest absolute Gasteiger partial charge is 0.508 e. The molecule has 3 aliphatic rings. The quantitative estimate of drug-likeness (QED) is 0.529. The van der Waals surface area contributed by atoms with Gasteiger partial charge in [0.2, 0.25) is 5.60 Å². The van der Waals surface area contributed by atoms with E-state index in [1.165, 1.54) is 6.08 Å².